The summed E-state index contributed by atoms with van der Waals surface area (Å²) in [4.78, 5) is 25.9. The van der Waals surface area contributed by atoms with E-state index in [1.165, 1.54) is 17.3 Å². The molecule has 0 aliphatic carbocycles. The number of carbonyl (C=O) groups is 2. The summed E-state index contributed by atoms with van der Waals surface area (Å²) in [5, 5.41) is 5.37. The quantitative estimate of drug-likeness (QED) is 0.850. The molecule has 25 heavy (non-hydrogen) atoms. The molecule has 2 amide bonds. The van der Waals surface area contributed by atoms with E-state index < -0.39 is 11.2 Å². The third-order valence-corrected chi connectivity index (χ3v) is 5.86. The van der Waals surface area contributed by atoms with E-state index >= 15 is 0 Å². The van der Waals surface area contributed by atoms with Gasteiger partial charge < -0.3 is 10.6 Å². The number of rotatable bonds is 4. The molecule has 2 atom stereocenters. The standard InChI is InChI=1S/C20H22N2O2S/c1-12(2)14-8-10-15(11-9-14)21-19(23)13(3)18-20(24)22-16-6-4-5-7-17(16)25-18/h4-13,18H,1-3H3,(H,21,23)(H,22,24)/t13-,18+/m0/s1. The Kier molecular flexibility index (Phi) is 5.13. The summed E-state index contributed by atoms with van der Waals surface area (Å²) in [5.74, 6) is -0.264. The Morgan fingerprint density at radius 1 is 1.08 bits per heavy atom. The highest BCUT2D eigenvalue weighted by molar-refractivity contribution is 8.01. The number of nitrogens with one attached hydrogen (secondary N) is 2. The van der Waals surface area contributed by atoms with Crippen molar-refractivity contribution in [2.24, 2.45) is 5.92 Å². The zero-order valence-corrected chi connectivity index (χ0v) is 15.4. The molecule has 2 N–H and O–H groups in total. The third-order valence-electron chi connectivity index (χ3n) is 4.37. The van der Waals surface area contributed by atoms with Crippen LogP contribution in [-0.4, -0.2) is 17.1 Å². The van der Waals surface area contributed by atoms with Gasteiger partial charge in [-0.05, 0) is 35.7 Å². The molecule has 1 aliphatic heterocycles. The van der Waals surface area contributed by atoms with Crippen molar-refractivity contribution in [3.63, 3.8) is 0 Å². The van der Waals surface area contributed by atoms with Crippen molar-refractivity contribution in [3.8, 4) is 0 Å². The van der Waals surface area contributed by atoms with E-state index in [2.05, 4.69) is 24.5 Å². The van der Waals surface area contributed by atoms with E-state index in [0.29, 0.717) is 5.92 Å². The van der Waals surface area contributed by atoms with Crippen LogP contribution in [0.3, 0.4) is 0 Å². The van der Waals surface area contributed by atoms with Crippen molar-refractivity contribution in [2.75, 3.05) is 10.6 Å². The summed E-state index contributed by atoms with van der Waals surface area (Å²) >= 11 is 1.45. The molecule has 4 nitrogen and oxygen atoms in total. The Morgan fingerprint density at radius 3 is 2.44 bits per heavy atom. The minimum Gasteiger partial charge on any atom is -0.326 e. The Bertz CT molecular complexity index is 787. The first-order valence-corrected chi connectivity index (χ1v) is 9.31. The summed E-state index contributed by atoms with van der Waals surface area (Å²) in [7, 11) is 0. The smallest absolute Gasteiger partial charge is 0.238 e. The van der Waals surface area contributed by atoms with Gasteiger partial charge in [-0.3, -0.25) is 9.59 Å². The molecule has 0 unspecified atom stereocenters. The molecule has 1 heterocycles. The predicted molar refractivity (Wildman–Crippen MR) is 103 cm³/mol. The van der Waals surface area contributed by atoms with Gasteiger partial charge in [0.2, 0.25) is 11.8 Å². The molecule has 130 valence electrons. The number of fused-ring (bicyclic) bond motifs is 1. The van der Waals surface area contributed by atoms with Crippen LogP contribution in [-0.2, 0) is 9.59 Å². The zero-order valence-electron chi connectivity index (χ0n) is 14.6. The highest BCUT2D eigenvalue weighted by Crippen LogP contribution is 2.38. The molecule has 0 aromatic heterocycles. The van der Waals surface area contributed by atoms with Crippen LogP contribution in [0.5, 0.6) is 0 Å². The van der Waals surface area contributed by atoms with E-state index in [4.69, 9.17) is 0 Å². The maximum atomic E-state index is 12.6. The minimum atomic E-state index is -0.442. The number of para-hydroxylation sites is 1. The van der Waals surface area contributed by atoms with Gasteiger partial charge in [0.05, 0.1) is 16.9 Å². The minimum absolute atomic E-state index is 0.124. The molecular weight excluding hydrogens is 332 g/mol. The molecule has 0 radical (unpaired) electrons. The number of hydrogen-bond acceptors (Lipinski definition) is 3. The summed E-state index contributed by atoms with van der Waals surface area (Å²) in [6.45, 7) is 6.06. The molecule has 5 heteroatoms. The lowest BCUT2D eigenvalue weighted by molar-refractivity contribution is -0.123. The van der Waals surface area contributed by atoms with Gasteiger partial charge in [-0.2, -0.15) is 0 Å². The van der Waals surface area contributed by atoms with Crippen molar-refractivity contribution in [1.82, 2.24) is 0 Å². The van der Waals surface area contributed by atoms with Crippen molar-refractivity contribution < 1.29 is 9.59 Å². The zero-order chi connectivity index (χ0) is 18.0. The van der Waals surface area contributed by atoms with Crippen LogP contribution < -0.4 is 10.6 Å². The van der Waals surface area contributed by atoms with Gasteiger partial charge in [-0.15, -0.1) is 11.8 Å². The predicted octanol–water partition coefficient (Wildman–Crippen LogP) is 4.50. The maximum absolute atomic E-state index is 12.6. The van der Waals surface area contributed by atoms with Crippen LogP contribution in [0.25, 0.3) is 0 Å². The second-order valence-electron chi connectivity index (χ2n) is 6.58. The fourth-order valence-electron chi connectivity index (χ4n) is 2.74. The van der Waals surface area contributed by atoms with Crippen molar-refractivity contribution in [1.29, 1.82) is 0 Å². The largest absolute Gasteiger partial charge is 0.326 e. The molecule has 0 spiro atoms. The monoisotopic (exact) mass is 354 g/mol. The van der Waals surface area contributed by atoms with Crippen molar-refractivity contribution in [3.05, 3.63) is 54.1 Å². The summed E-state index contributed by atoms with van der Waals surface area (Å²) in [5.41, 5.74) is 2.79. The van der Waals surface area contributed by atoms with E-state index in [1.807, 2.05) is 48.5 Å². The van der Waals surface area contributed by atoms with E-state index in [0.717, 1.165) is 16.3 Å². The molecule has 2 aromatic rings. The number of carbonyl (C=O) groups excluding carboxylic acids is 2. The lowest BCUT2D eigenvalue weighted by Gasteiger charge is -2.27. The molecule has 0 saturated heterocycles. The molecule has 0 saturated carbocycles. The Morgan fingerprint density at radius 2 is 1.76 bits per heavy atom. The van der Waals surface area contributed by atoms with Crippen LogP contribution >= 0.6 is 11.8 Å². The molecule has 1 aliphatic rings. The second kappa shape index (κ2) is 7.31. The third kappa shape index (κ3) is 3.87. The lowest BCUT2D eigenvalue weighted by Crippen LogP contribution is -2.39. The van der Waals surface area contributed by atoms with Crippen LogP contribution in [0.2, 0.25) is 0 Å². The number of hydrogen-bond donors (Lipinski definition) is 2. The van der Waals surface area contributed by atoms with Crippen molar-refractivity contribution >= 4 is 35.0 Å². The molecule has 0 fully saturated rings. The van der Waals surface area contributed by atoms with E-state index in [1.54, 1.807) is 6.92 Å². The van der Waals surface area contributed by atoms with Gasteiger partial charge in [-0.25, -0.2) is 0 Å². The second-order valence-corrected chi connectivity index (χ2v) is 7.76. The first kappa shape index (κ1) is 17.5. The van der Waals surface area contributed by atoms with Crippen LogP contribution in [0, 0.1) is 5.92 Å². The number of benzene rings is 2. The van der Waals surface area contributed by atoms with Gasteiger partial charge in [0.1, 0.15) is 0 Å². The summed E-state index contributed by atoms with van der Waals surface area (Å²) in [6.07, 6.45) is 0. The number of amides is 2. The number of thioether (sulfide) groups is 1. The average Bonchev–Trinajstić information content (AvgIpc) is 2.61. The van der Waals surface area contributed by atoms with Gasteiger partial charge >= 0.3 is 0 Å². The highest BCUT2D eigenvalue weighted by Gasteiger charge is 2.35. The molecule has 3 rings (SSSR count). The topological polar surface area (TPSA) is 58.2 Å². The van der Waals surface area contributed by atoms with Crippen LogP contribution in [0.1, 0.15) is 32.3 Å². The summed E-state index contributed by atoms with van der Waals surface area (Å²) in [6, 6.07) is 15.5. The first-order valence-electron chi connectivity index (χ1n) is 8.43. The fourth-order valence-corrected chi connectivity index (χ4v) is 3.91. The number of anilines is 2. The highest BCUT2D eigenvalue weighted by atomic mass is 32.2. The lowest BCUT2D eigenvalue weighted by atomic mass is 10.0. The SMILES string of the molecule is CC(C)c1ccc(NC(=O)[C@@H](C)[C@H]2Sc3ccccc3NC2=O)cc1. The molecular formula is C20H22N2O2S. The van der Waals surface area contributed by atoms with Gasteiger partial charge in [0, 0.05) is 10.6 Å². The van der Waals surface area contributed by atoms with Gasteiger partial charge in [-0.1, -0.05) is 45.0 Å². The summed E-state index contributed by atoms with van der Waals surface area (Å²) < 4.78 is 0. The van der Waals surface area contributed by atoms with Gasteiger partial charge in [0.25, 0.3) is 0 Å². The first-order chi connectivity index (χ1) is 12.0. The normalized spacial score (nSPS) is 17.6. The molecule has 0 bridgehead atoms. The van der Waals surface area contributed by atoms with E-state index in [-0.39, 0.29) is 11.8 Å². The Balaban J connectivity index is 1.69. The van der Waals surface area contributed by atoms with E-state index in [9.17, 15) is 9.59 Å². The van der Waals surface area contributed by atoms with Crippen molar-refractivity contribution in [2.45, 2.75) is 36.8 Å². The van der Waals surface area contributed by atoms with Crippen LogP contribution in [0.15, 0.2) is 53.4 Å². The Labute approximate surface area is 152 Å². The maximum Gasteiger partial charge on any atom is 0.238 e. The van der Waals surface area contributed by atoms with Gasteiger partial charge in [0.15, 0.2) is 0 Å². The van der Waals surface area contributed by atoms with Crippen LogP contribution in [0.4, 0.5) is 11.4 Å². The Hall–Kier alpha value is -2.27. The molecule has 2 aromatic carbocycles. The fraction of sp³-hybridized carbons (Fsp3) is 0.300. The average molecular weight is 354 g/mol.